The second kappa shape index (κ2) is 18.2. The predicted molar refractivity (Wildman–Crippen MR) is 198 cm³/mol. The molecule has 1 aromatic rings. The molecule has 4 N–H and O–H groups in total. The van der Waals surface area contributed by atoms with Gasteiger partial charge in [0.1, 0.15) is 23.9 Å². The van der Waals surface area contributed by atoms with Crippen molar-refractivity contribution in [1.29, 1.82) is 0 Å². The number of rotatable bonds is 10. The van der Waals surface area contributed by atoms with Gasteiger partial charge in [-0.2, -0.15) is 0 Å². The van der Waals surface area contributed by atoms with Crippen LogP contribution in [0.1, 0.15) is 73.3 Å². The van der Waals surface area contributed by atoms with E-state index in [4.69, 9.17) is 28.4 Å². The molecule has 3 saturated heterocycles. The van der Waals surface area contributed by atoms with E-state index in [1.54, 1.807) is 28.1 Å². The zero-order valence-electron chi connectivity index (χ0n) is 33.5. The number of carbonyl (C=O) groups excluding carboxylic acids is 3. The van der Waals surface area contributed by atoms with Crippen LogP contribution >= 0.6 is 0 Å². The van der Waals surface area contributed by atoms with E-state index < -0.39 is 71.5 Å². The molecule has 1 amide bonds. The molecule has 4 rings (SSSR count). The minimum absolute atomic E-state index is 0.00381. The van der Waals surface area contributed by atoms with Gasteiger partial charge in [0.25, 0.3) is 0 Å². The van der Waals surface area contributed by atoms with Crippen LogP contribution in [0, 0.1) is 17.8 Å². The Balaban J connectivity index is 1.62. The average molecular weight is 749 g/mol. The molecule has 300 valence electrons. The molecule has 0 aromatic heterocycles. The summed E-state index contributed by atoms with van der Waals surface area (Å²) in [7, 11) is 7.03. The number of likely N-dealkylation sites (N-methyl/N-ethyl adjacent to an activating group) is 1. The Bertz CT molecular complexity index is 1380. The molecule has 0 radical (unpaired) electrons. The number of nitrogens with zero attached hydrogens (tertiary/aromatic N) is 1. The fraction of sp³-hybridized carbons (Fsp3) is 0.769. The van der Waals surface area contributed by atoms with Crippen molar-refractivity contribution in [3.63, 3.8) is 0 Å². The van der Waals surface area contributed by atoms with Gasteiger partial charge in [-0.05, 0) is 91.2 Å². The first-order valence-corrected chi connectivity index (χ1v) is 19.0. The molecule has 3 aliphatic heterocycles. The highest BCUT2D eigenvalue weighted by Gasteiger charge is 2.55. The van der Waals surface area contributed by atoms with E-state index in [0.717, 1.165) is 11.3 Å². The number of fused-ring (bicyclic) bond motifs is 1. The molecular weight excluding hydrogens is 684 g/mol. The number of ketones is 1. The highest BCUT2D eigenvalue weighted by molar-refractivity contribution is 6.00. The molecule has 0 aliphatic carbocycles. The van der Waals surface area contributed by atoms with Crippen LogP contribution in [0.5, 0.6) is 5.75 Å². The van der Waals surface area contributed by atoms with Gasteiger partial charge in [0.2, 0.25) is 0 Å². The maximum atomic E-state index is 14.3. The standard InChI is InChI=1S/C39H64N4O10/c1-12-30-39(7)33(42-37(47)53-39)25(5)41-19-22(2)18-38(6,49-11)34(23(3)31(44)24(4)35(46)51-30)52-36-32(45)29(43(8)9)17-28(50-36)21-40-20-26-13-15-27(48-10)16-14-26/h13-16,22-25,28-30,32-34,36,40-41,45H,12,17-21H2,1-11H3,(H,42,47)/t22-,23+,24?,25-,28+,29?,30+,32?,33-,34-,36+,38-,39-/m1/s1. The Morgan fingerprint density at radius 3 is 2.34 bits per heavy atom. The molecule has 3 aliphatic rings. The molecule has 0 bridgehead atoms. The van der Waals surface area contributed by atoms with Crippen molar-refractivity contribution in [3.05, 3.63) is 29.8 Å². The molecule has 1 aromatic carbocycles. The number of amides is 1. The van der Waals surface area contributed by atoms with E-state index in [1.807, 2.05) is 64.0 Å². The van der Waals surface area contributed by atoms with Crippen molar-refractivity contribution in [1.82, 2.24) is 20.9 Å². The summed E-state index contributed by atoms with van der Waals surface area (Å²) in [6.07, 6.45) is -3.39. The van der Waals surface area contributed by atoms with Crippen molar-refractivity contribution >= 4 is 17.8 Å². The van der Waals surface area contributed by atoms with Gasteiger partial charge < -0.3 is 54.4 Å². The minimum Gasteiger partial charge on any atom is -0.497 e. The molecule has 3 fully saturated rings. The van der Waals surface area contributed by atoms with Crippen molar-refractivity contribution in [3.8, 4) is 5.75 Å². The van der Waals surface area contributed by atoms with Crippen LogP contribution in [-0.4, -0.2) is 129 Å². The number of nitrogens with one attached hydrogen (secondary N) is 3. The molecule has 13 atom stereocenters. The number of Topliss-reactive ketones (excluding diaryl/α,β-unsaturated/α-hetero) is 1. The summed E-state index contributed by atoms with van der Waals surface area (Å²) in [5, 5.41) is 21.6. The third-order valence-corrected chi connectivity index (χ3v) is 11.6. The molecular formula is C39H64N4O10. The van der Waals surface area contributed by atoms with Gasteiger partial charge >= 0.3 is 12.1 Å². The number of carbonyl (C=O) groups is 3. The summed E-state index contributed by atoms with van der Waals surface area (Å²) < 4.78 is 36.5. The average Bonchev–Trinajstić information content (AvgIpc) is 3.45. The van der Waals surface area contributed by atoms with Gasteiger partial charge in [0.15, 0.2) is 17.7 Å². The lowest BCUT2D eigenvalue weighted by molar-refractivity contribution is -0.297. The largest absolute Gasteiger partial charge is 0.497 e. The summed E-state index contributed by atoms with van der Waals surface area (Å²) in [4.78, 5) is 42.5. The van der Waals surface area contributed by atoms with Gasteiger partial charge in [-0.15, -0.1) is 0 Å². The van der Waals surface area contributed by atoms with E-state index in [1.165, 1.54) is 6.92 Å². The lowest BCUT2D eigenvalue weighted by Gasteiger charge is -2.47. The van der Waals surface area contributed by atoms with Gasteiger partial charge in [-0.1, -0.05) is 32.9 Å². The second-order valence-corrected chi connectivity index (χ2v) is 15.9. The fourth-order valence-corrected chi connectivity index (χ4v) is 8.27. The number of methoxy groups -OCH3 is 2. The Kier molecular flexibility index (Phi) is 14.7. The lowest BCUT2D eigenvalue weighted by atomic mass is 9.78. The Morgan fingerprint density at radius 2 is 1.74 bits per heavy atom. The summed E-state index contributed by atoms with van der Waals surface area (Å²) in [6, 6.07) is 6.77. The number of hydrogen-bond donors (Lipinski definition) is 4. The number of hydrogen-bond acceptors (Lipinski definition) is 13. The van der Waals surface area contributed by atoms with E-state index in [0.29, 0.717) is 38.9 Å². The summed E-state index contributed by atoms with van der Waals surface area (Å²) in [6.45, 7) is 14.4. The summed E-state index contributed by atoms with van der Waals surface area (Å²) in [5.41, 5.74) is -1.14. The number of benzene rings is 1. The smallest absolute Gasteiger partial charge is 0.408 e. The van der Waals surface area contributed by atoms with Gasteiger partial charge in [-0.3, -0.25) is 9.59 Å². The number of cyclic esters (lactones) is 1. The summed E-state index contributed by atoms with van der Waals surface area (Å²) >= 11 is 0. The molecule has 14 heteroatoms. The zero-order chi connectivity index (χ0) is 39.2. The zero-order valence-corrected chi connectivity index (χ0v) is 33.5. The number of alkyl carbamates (subject to hydrolysis) is 1. The molecule has 53 heavy (non-hydrogen) atoms. The van der Waals surface area contributed by atoms with Crippen molar-refractivity contribution in [2.75, 3.05) is 41.4 Å². The number of aliphatic hydroxyl groups excluding tert-OH is 1. The highest BCUT2D eigenvalue weighted by atomic mass is 16.7. The Hall–Kier alpha value is -2.85. The normalized spacial score (nSPS) is 39.0. The quantitative estimate of drug-likeness (QED) is 0.204. The third kappa shape index (κ3) is 9.88. The van der Waals surface area contributed by atoms with Crippen LogP contribution in [0.25, 0.3) is 0 Å². The predicted octanol–water partition coefficient (Wildman–Crippen LogP) is 3.03. The lowest BCUT2D eigenvalue weighted by Crippen LogP contribution is -2.60. The maximum absolute atomic E-state index is 14.3. The first-order chi connectivity index (χ1) is 25.0. The number of esters is 1. The first kappa shape index (κ1) is 42.9. The number of aliphatic hydroxyl groups is 1. The topological polar surface area (TPSA) is 166 Å². The van der Waals surface area contributed by atoms with E-state index >= 15 is 0 Å². The first-order valence-electron chi connectivity index (χ1n) is 19.0. The molecule has 3 unspecified atom stereocenters. The van der Waals surface area contributed by atoms with Gasteiger partial charge in [0.05, 0.1) is 31.0 Å². The minimum atomic E-state index is -1.17. The number of ether oxygens (including phenoxy) is 6. The Morgan fingerprint density at radius 1 is 1.06 bits per heavy atom. The van der Waals surface area contributed by atoms with E-state index in [9.17, 15) is 19.5 Å². The van der Waals surface area contributed by atoms with Crippen LogP contribution in [0.4, 0.5) is 4.79 Å². The van der Waals surface area contributed by atoms with E-state index in [2.05, 4.69) is 22.9 Å². The van der Waals surface area contributed by atoms with Crippen LogP contribution in [0.3, 0.4) is 0 Å². The molecule has 0 saturated carbocycles. The SMILES string of the molecule is CC[C@@H]1OC(=O)C(C)C(=O)[C@H](C)[C@@H](O[C@@H]2O[C@H](CNCc3ccc(OC)cc3)CC(N(C)C)C2O)[C@](C)(OC)C[C@@H](C)CN[C@H](C)[C@H]2NC(=O)O[C@]12C. The monoisotopic (exact) mass is 748 g/mol. The van der Waals surface area contributed by atoms with Crippen LogP contribution in [0.2, 0.25) is 0 Å². The van der Waals surface area contributed by atoms with Crippen molar-refractivity contribution in [2.45, 2.75) is 134 Å². The van der Waals surface area contributed by atoms with E-state index in [-0.39, 0.29) is 24.1 Å². The van der Waals surface area contributed by atoms with Crippen LogP contribution in [-0.2, 0) is 39.8 Å². The highest BCUT2D eigenvalue weighted by Crippen LogP contribution is 2.37. The van der Waals surface area contributed by atoms with Crippen LogP contribution < -0.4 is 20.7 Å². The van der Waals surface area contributed by atoms with Crippen molar-refractivity contribution in [2.24, 2.45) is 17.8 Å². The molecule has 0 spiro atoms. The summed E-state index contributed by atoms with van der Waals surface area (Å²) in [5.74, 6) is -2.37. The van der Waals surface area contributed by atoms with Crippen LogP contribution in [0.15, 0.2) is 24.3 Å². The fourth-order valence-electron chi connectivity index (χ4n) is 8.27. The Labute approximate surface area is 315 Å². The third-order valence-electron chi connectivity index (χ3n) is 11.6. The second-order valence-electron chi connectivity index (χ2n) is 15.9. The van der Waals surface area contributed by atoms with Gasteiger partial charge in [0, 0.05) is 38.2 Å². The maximum Gasteiger partial charge on any atom is 0.408 e. The molecule has 14 nitrogen and oxygen atoms in total. The van der Waals surface area contributed by atoms with Gasteiger partial charge in [-0.25, -0.2) is 4.79 Å². The van der Waals surface area contributed by atoms with Crippen molar-refractivity contribution < 1.29 is 47.9 Å². The molecule has 3 heterocycles.